The van der Waals surface area contributed by atoms with Crippen molar-refractivity contribution in [2.45, 2.75) is 13.5 Å². The predicted octanol–water partition coefficient (Wildman–Crippen LogP) is -0.0324. The van der Waals surface area contributed by atoms with E-state index < -0.39 is 5.97 Å². The van der Waals surface area contributed by atoms with Crippen LogP contribution in [0.2, 0.25) is 0 Å². The van der Waals surface area contributed by atoms with E-state index >= 15 is 0 Å². The Balaban J connectivity index is 1.96. The van der Waals surface area contributed by atoms with E-state index in [0.29, 0.717) is 13.1 Å². The maximum Gasteiger partial charge on any atom is 0.308 e. The van der Waals surface area contributed by atoms with Gasteiger partial charge in [0.2, 0.25) is 0 Å². The lowest BCUT2D eigenvalue weighted by Crippen LogP contribution is -2.23. The van der Waals surface area contributed by atoms with Crippen molar-refractivity contribution in [1.29, 1.82) is 0 Å². The fraction of sp³-hybridized carbons (Fsp3) is 0.700. The number of carbonyl (C=O) groups is 1. The molecule has 2 unspecified atom stereocenters. The van der Waals surface area contributed by atoms with E-state index in [2.05, 4.69) is 15.2 Å². The van der Waals surface area contributed by atoms with Crippen molar-refractivity contribution >= 4 is 5.97 Å². The van der Waals surface area contributed by atoms with Gasteiger partial charge in [-0.1, -0.05) is 12.1 Å². The van der Waals surface area contributed by atoms with Crippen molar-refractivity contribution in [2.75, 3.05) is 13.1 Å². The highest BCUT2D eigenvalue weighted by Gasteiger charge is 2.34. The number of rotatable bonds is 3. The Bertz CT molecular complexity index is 390. The van der Waals surface area contributed by atoms with E-state index in [9.17, 15) is 4.79 Å². The molecule has 2 rings (SSSR count). The molecule has 2 heterocycles. The van der Waals surface area contributed by atoms with Gasteiger partial charge in [-0.05, 0) is 5.92 Å². The molecule has 0 spiro atoms. The molecular weight excluding hydrogens is 208 g/mol. The van der Waals surface area contributed by atoms with Gasteiger partial charge < -0.3 is 5.11 Å². The molecule has 1 aromatic heterocycles. The molecule has 16 heavy (non-hydrogen) atoms. The summed E-state index contributed by atoms with van der Waals surface area (Å²) in [4.78, 5) is 13.1. The average molecular weight is 224 g/mol. The molecule has 2 atom stereocenters. The van der Waals surface area contributed by atoms with Crippen LogP contribution in [0.4, 0.5) is 0 Å². The van der Waals surface area contributed by atoms with Crippen molar-refractivity contribution in [3.63, 3.8) is 0 Å². The van der Waals surface area contributed by atoms with E-state index in [0.717, 1.165) is 12.2 Å². The molecule has 0 bridgehead atoms. The monoisotopic (exact) mass is 224 g/mol. The summed E-state index contributed by atoms with van der Waals surface area (Å²) in [5.41, 5.74) is 0.890. The Hall–Kier alpha value is -1.43. The van der Waals surface area contributed by atoms with Gasteiger partial charge in [0.25, 0.3) is 0 Å². The third kappa shape index (κ3) is 2.21. The van der Waals surface area contributed by atoms with Crippen molar-refractivity contribution in [1.82, 2.24) is 19.9 Å². The van der Waals surface area contributed by atoms with E-state index in [1.807, 2.05) is 20.2 Å². The summed E-state index contributed by atoms with van der Waals surface area (Å²) in [6.45, 7) is 4.08. The van der Waals surface area contributed by atoms with Gasteiger partial charge in [-0.3, -0.25) is 14.4 Å². The molecule has 0 aromatic carbocycles. The molecule has 0 radical (unpaired) electrons. The van der Waals surface area contributed by atoms with E-state index in [1.54, 1.807) is 4.68 Å². The third-order valence-electron chi connectivity index (χ3n) is 3.04. The number of hydrogen-bond acceptors (Lipinski definition) is 4. The fourth-order valence-electron chi connectivity index (χ4n) is 2.21. The van der Waals surface area contributed by atoms with Crippen LogP contribution >= 0.6 is 0 Å². The number of carboxylic acids is 1. The predicted molar refractivity (Wildman–Crippen MR) is 56.6 cm³/mol. The van der Waals surface area contributed by atoms with Crippen molar-refractivity contribution in [2.24, 2.45) is 18.9 Å². The zero-order chi connectivity index (χ0) is 11.7. The molecule has 6 nitrogen and oxygen atoms in total. The highest BCUT2D eigenvalue weighted by molar-refractivity contribution is 5.71. The van der Waals surface area contributed by atoms with Gasteiger partial charge in [0.15, 0.2) is 0 Å². The number of carboxylic acid groups (broad SMARTS) is 1. The molecule has 1 fully saturated rings. The zero-order valence-corrected chi connectivity index (χ0v) is 9.50. The molecule has 1 N–H and O–H groups in total. The maximum atomic E-state index is 11.0. The quantitative estimate of drug-likeness (QED) is 0.780. The van der Waals surface area contributed by atoms with Crippen LogP contribution in [0.15, 0.2) is 6.20 Å². The van der Waals surface area contributed by atoms with Crippen LogP contribution in [0.1, 0.15) is 12.6 Å². The van der Waals surface area contributed by atoms with Crippen LogP contribution in [0.3, 0.4) is 0 Å². The highest BCUT2D eigenvalue weighted by atomic mass is 16.4. The molecule has 88 valence electrons. The minimum absolute atomic E-state index is 0.203. The normalized spacial score (nSPS) is 26.1. The van der Waals surface area contributed by atoms with Crippen LogP contribution in [0.25, 0.3) is 0 Å². The molecular formula is C10H16N4O2. The topological polar surface area (TPSA) is 71.2 Å². The number of likely N-dealkylation sites (tertiary alicyclic amines) is 1. The minimum Gasteiger partial charge on any atom is -0.481 e. The number of aromatic nitrogens is 3. The molecule has 0 saturated carbocycles. The fourth-order valence-corrected chi connectivity index (χ4v) is 2.21. The highest BCUT2D eigenvalue weighted by Crippen LogP contribution is 2.24. The van der Waals surface area contributed by atoms with Crippen LogP contribution in [0.5, 0.6) is 0 Å². The zero-order valence-electron chi connectivity index (χ0n) is 9.50. The molecule has 0 aliphatic carbocycles. The number of aryl methyl sites for hydroxylation is 1. The van der Waals surface area contributed by atoms with Gasteiger partial charge in [-0.2, -0.15) is 0 Å². The molecule has 6 heteroatoms. The van der Waals surface area contributed by atoms with Gasteiger partial charge in [-0.15, -0.1) is 5.10 Å². The van der Waals surface area contributed by atoms with Crippen molar-refractivity contribution < 1.29 is 9.90 Å². The summed E-state index contributed by atoms with van der Waals surface area (Å²) in [6, 6.07) is 0. The second-order valence-corrected chi connectivity index (χ2v) is 4.50. The summed E-state index contributed by atoms with van der Waals surface area (Å²) in [5.74, 6) is -0.750. The number of nitrogens with zero attached hydrogens (tertiary/aromatic N) is 4. The Morgan fingerprint density at radius 2 is 2.38 bits per heavy atom. The first-order chi connectivity index (χ1) is 7.56. The van der Waals surface area contributed by atoms with Crippen LogP contribution < -0.4 is 0 Å². The lowest BCUT2D eigenvalue weighted by atomic mass is 9.99. The van der Waals surface area contributed by atoms with Crippen molar-refractivity contribution in [3.8, 4) is 0 Å². The van der Waals surface area contributed by atoms with Crippen LogP contribution in [0, 0.1) is 11.8 Å². The third-order valence-corrected chi connectivity index (χ3v) is 3.04. The van der Waals surface area contributed by atoms with Gasteiger partial charge in [0, 0.05) is 32.9 Å². The second kappa shape index (κ2) is 4.21. The Morgan fingerprint density at radius 1 is 1.62 bits per heavy atom. The van der Waals surface area contributed by atoms with E-state index in [1.165, 1.54) is 0 Å². The summed E-state index contributed by atoms with van der Waals surface area (Å²) in [7, 11) is 1.82. The van der Waals surface area contributed by atoms with E-state index in [-0.39, 0.29) is 11.8 Å². The summed E-state index contributed by atoms with van der Waals surface area (Å²) >= 11 is 0. The first kappa shape index (κ1) is 11.1. The van der Waals surface area contributed by atoms with Crippen LogP contribution in [-0.4, -0.2) is 44.1 Å². The standard InChI is InChI=1S/C10H16N4O2/c1-7-3-14(6-9(7)10(15)16)5-8-4-13(2)12-11-8/h4,7,9H,3,5-6H2,1-2H3,(H,15,16). The SMILES string of the molecule is CC1CN(Cc2cn(C)nn2)CC1C(=O)O. The molecule has 1 aliphatic heterocycles. The van der Waals surface area contributed by atoms with Crippen LogP contribution in [-0.2, 0) is 18.4 Å². The Kier molecular flexibility index (Phi) is 2.91. The van der Waals surface area contributed by atoms with Crippen molar-refractivity contribution in [3.05, 3.63) is 11.9 Å². The number of aliphatic carboxylic acids is 1. The summed E-state index contributed by atoms with van der Waals surface area (Å²) < 4.78 is 1.66. The maximum absolute atomic E-state index is 11.0. The van der Waals surface area contributed by atoms with Gasteiger partial charge >= 0.3 is 5.97 Å². The molecule has 1 saturated heterocycles. The lowest BCUT2D eigenvalue weighted by Gasteiger charge is -2.12. The average Bonchev–Trinajstić information content (AvgIpc) is 2.73. The van der Waals surface area contributed by atoms with Gasteiger partial charge in [0.05, 0.1) is 11.6 Å². The molecule has 1 aromatic rings. The van der Waals surface area contributed by atoms with Gasteiger partial charge in [0.1, 0.15) is 0 Å². The lowest BCUT2D eigenvalue weighted by molar-refractivity contribution is -0.142. The second-order valence-electron chi connectivity index (χ2n) is 4.50. The summed E-state index contributed by atoms with van der Waals surface area (Å²) in [6.07, 6.45) is 1.86. The molecule has 1 aliphatic rings. The minimum atomic E-state index is -0.700. The molecule has 0 amide bonds. The number of hydrogen-bond donors (Lipinski definition) is 1. The first-order valence-corrected chi connectivity index (χ1v) is 5.36. The summed E-state index contributed by atoms with van der Waals surface area (Å²) in [5, 5.41) is 16.9. The largest absolute Gasteiger partial charge is 0.481 e. The smallest absolute Gasteiger partial charge is 0.308 e. The first-order valence-electron chi connectivity index (χ1n) is 5.36. The van der Waals surface area contributed by atoms with Gasteiger partial charge in [-0.25, -0.2) is 0 Å². The van der Waals surface area contributed by atoms with E-state index in [4.69, 9.17) is 5.11 Å². The Morgan fingerprint density at radius 3 is 2.88 bits per heavy atom. The Labute approximate surface area is 93.9 Å².